The Labute approximate surface area is 199 Å². The molecule has 2 aliphatic carbocycles. The maximum absolute atomic E-state index is 12.8. The van der Waals surface area contributed by atoms with E-state index in [4.69, 9.17) is 4.74 Å². The number of benzene rings is 2. The zero-order valence-corrected chi connectivity index (χ0v) is 19.7. The third-order valence-electron chi connectivity index (χ3n) is 6.85. The second kappa shape index (κ2) is 9.87. The quantitative estimate of drug-likeness (QED) is 0.486. The molecule has 1 unspecified atom stereocenters. The van der Waals surface area contributed by atoms with E-state index in [-0.39, 0.29) is 25.0 Å². The van der Waals surface area contributed by atoms with Gasteiger partial charge in [0.05, 0.1) is 5.41 Å². The van der Waals surface area contributed by atoms with Crippen LogP contribution in [0.25, 0.3) is 11.1 Å². The number of nitrogens with one attached hydrogen (secondary N) is 2. The lowest BCUT2D eigenvalue weighted by molar-refractivity contribution is -0.147. The second-order valence-electron chi connectivity index (χ2n) is 9.93. The van der Waals surface area contributed by atoms with Gasteiger partial charge in [-0.2, -0.15) is 0 Å². The van der Waals surface area contributed by atoms with Crippen LogP contribution < -0.4 is 10.6 Å². The van der Waals surface area contributed by atoms with Crippen molar-refractivity contribution in [3.05, 3.63) is 59.7 Å². The number of hydrogen-bond acceptors (Lipinski definition) is 4. The van der Waals surface area contributed by atoms with Crippen LogP contribution >= 0.6 is 0 Å². The van der Waals surface area contributed by atoms with Crippen LogP contribution in [0.5, 0.6) is 0 Å². The summed E-state index contributed by atoms with van der Waals surface area (Å²) in [5.41, 5.74) is 3.64. The number of carbonyl (C=O) groups is 3. The third kappa shape index (κ3) is 5.41. The highest BCUT2D eigenvalue weighted by Crippen LogP contribution is 2.44. The van der Waals surface area contributed by atoms with E-state index in [1.54, 1.807) is 13.8 Å². The summed E-state index contributed by atoms with van der Waals surface area (Å²) in [6, 6.07) is 15.6. The zero-order chi connectivity index (χ0) is 24.3. The fourth-order valence-electron chi connectivity index (χ4n) is 4.43. The molecular formula is C27H32N2O5. The average Bonchev–Trinajstić information content (AvgIpc) is 3.57. The number of carboxylic acid groups (broad SMARTS) is 1. The van der Waals surface area contributed by atoms with Crippen LogP contribution in [0.3, 0.4) is 0 Å². The molecule has 2 aromatic carbocycles. The molecule has 180 valence electrons. The van der Waals surface area contributed by atoms with Crippen molar-refractivity contribution in [2.24, 2.45) is 11.3 Å². The Morgan fingerprint density at radius 2 is 1.62 bits per heavy atom. The van der Waals surface area contributed by atoms with Crippen LogP contribution in [-0.2, 0) is 14.3 Å². The Bertz CT molecular complexity index is 1030. The number of hydrogen-bond donors (Lipinski definition) is 3. The van der Waals surface area contributed by atoms with E-state index in [1.807, 2.05) is 24.3 Å². The van der Waals surface area contributed by atoms with Gasteiger partial charge in [0.1, 0.15) is 12.6 Å². The van der Waals surface area contributed by atoms with Crippen LogP contribution in [0.4, 0.5) is 4.79 Å². The number of amides is 2. The summed E-state index contributed by atoms with van der Waals surface area (Å²) in [7, 11) is 0. The topological polar surface area (TPSA) is 105 Å². The first-order chi connectivity index (χ1) is 16.3. The lowest BCUT2D eigenvalue weighted by Crippen LogP contribution is -2.48. The monoisotopic (exact) mass is 464 g/mol. The first kappa shape index (κ1) is 23.8. The molecule has 0 spiro atoms. The Balaban J connectivity index is 1.35. The van der Waals surface area contributed by atoms with Gasteiger partial charge in [0.25, 0.3) is 0 Å². The van der Waals surface area contributed by atoms with E-state index in [0.29, 0.717) is 18.8 Å². The van der Waals surface area contributed by atoms with Gasteiger partial charge in [-0.05, 0) is 54.9 Å². The first-order valence-electron chi connectivity index (χ1n) is 11.9. The Morgan fingerprint density at radius 3 is 2.18 bits per heavy atom. The average molecular weight is 465 g/mol. The van der Waals surface area contributed by atoms with Crippen molar-refractivity contribution in [3.8, 4) is 11.1 Å². The molecule has 4 rings (SSSR count). The van der Waals surface area contributed by atoms with E-state index in [0.717, 1.165) is 35.1 Å². The predicted molar refractivity (Wildman–Crippen MR) is 128 cm³/mol. The molecule has 3 N–H and O–H groups in total. The van der Waals surface area contributed by atoms with Gasteiger partial charge < -0.3 is 20.5 Å². The largest absolute Gasteiger partial charge is 0.481 e. The van der Waals surface area contributed by atoms with Gasteiger partial charge in [-0.3, -0.25) is 9.59 Å². The molecule has 0 heterocycles. The van der Waals surface area contributed by atoms with Crippen LogP contribution in [-0.4, -0.2) is 42.3 Å². The molecule has 0 saturated heterocycles. The van der Waals surface area contributed by atoms with Gasteiger partial charge in [0, 0.05) is 12.5 Å². The van der Waals surface area contributed by atoms with Gasteiger partial charge in [0.2, 0.25) is 5.91 Å². The highest BCUT2D eigenvalue weighted by atomic mass is 16.5. The smallest absolute Gasteiger partial charge is 0.407 e. The molecule has 2 aliphatic rings. The number of carbonyl (C=O) groups excluding carboxylic acids is 2. The minimum Gasteiger partial charge on any atom is -0.481 e. The number of aliphatic carboxylic acids is 1. The highest BCUT2D eigenvalue weighted by molar-refractivity contribution is 5.86. The fraction of sp³-hybridized carbons (Fsp3) is 0.444. The van der Waals surface area contributed by atoms with Crippen molar-refractivity contribution in [3.63, 3.8) is 0 Å². The van der Waals surface area contributed by atoms with E-state index >= 15 is 0 Å². The summed E-state index contributed by atoms with van der Waals surface area (Å²) in [4.78, 5) is 36.7. The Morgan fingerprint density at radius 1 is 1.03 bits per heavy atom. The zero-order valence-electron chi connectivity index (χ0n) is 19.7. The maximum Gasteiger partial charge on any atom is 0.407 e. The van der Waals surface area contributed by atoms with Crippen molar-refractivity contribution in [1.82, 2.24) is 10.6 Å². The standard InChI is InChI=1S/C27H32N2O5/c1-27(2,25(31)32)13-14-28-24(30)23(15-17-11-12-17)29-26(33)34-16-22-20-9-5-3-7-18(20)19-8-4-6-10-21(19)22/h3-10,17,22-23H,11-16H2,1-2H3,(H,28,30)(H,29,33)(H,31,32). The van der Waals surface area contributed by atoms with E-state index in [1.165, 1.54) is 0 Å². The summed E-state index contributed by atoms with van der Waals surface area (Å²) in [5, 5.41) is 14.8. The summed E-state index contributed by atoms with van der Waals surface area (Å²) in [6.07, 6.45) is 2.33. The SMILES string of the molecule is CC(C)(CCNC(=O)C(CC1CC1)NC(=O)OCC1c2ccccc2-c2ccccc21)C(=O)O. The molecule has 7 heteroatoms. The van der Waals surface area contributed by atoms with Crippen molar-refractivity contribution in [2.75, 3.05) is 13.2 Å². The molecule has 7 nitrogen and oxygen atoms in total. The Kier molecular flexibility index (Phi) is 6.91. The van der Waals surface area contributed by atoms with Gasteiger partial charge in [-0.15, -0.1) is 0 Å². The second-order valence-corrected chi connectivity index (χ2v) is 9.93. The van der Waals surface area contributed by atoms with Crippen LogP contribution in [0.2, 0.25) is 0 Å². The Hall–Kier alpha value is -3.35. The molecule has 0 bridgehead atoms. The highest BCUT2D eigenvalue weighted by Gasteiger charge is 2.33. The molecule has 2 amide bonds. The van der Waals surface area contributed by atoms with Gasteiger partial charge in [0.15, 0.2) is 0 Å². The van der Waals surface area contributed by atoms with Gasteiger partial charge in [-0.25, -0.2) is 4.79 Å². The molecule has 0 aliphatic heterocycles. The molecule has 0 aromatic heterocycles. The van der Waals surface area contributed by atoms with Crippen molar-refractivity contribution < 1.29 is 24.2 Å². The summed E-state index contributed by atoms with van der Waals surface area (Å²) in [6.45, 7) is 3.66. The molecule has 0 radical (unpaired) electrons. The number of ether oxygens (including phenoxy) is 1. The normalized spacial score (nSPS) is 15.7. The minimum atomic E-state index is -0.931. The maximum atomic E-state index is 12.8. The third-order valence-corrected chi connectivity index (χ3v) is 6.85. The summed E-state index contributed by atoms with van der Waals surface area (Å²) >= 11 is 0. The predicted octanol–water partition coefficient (Wildman–Crippen LogP) is 4.31. The van der Waals surface area contributed by atoms with E-state index in [2.05, 4.69) is 34.9 Å². The summed E-state index contributed by atoms with van der Waals surface area (Å²) < 4.78 is 5.60. The lowest BCUT2D eigenvalue weighted by Gasteiger charge is -2.22. The van der Waals surface area contributed by atoms with Crippen LogP contribution in [0.15, 0.2) is 48.5 Å². The van der Waals surface area contributed by atoms with Gasteiger partial charge in [-0.1, -0.05) is 61.4 Å². The lowest BCUT2D eigenvalue weighted by atomic mass is 9.89. The molecule has 1 atom stereocenters. The molecule has 34 heavy (non-hydrogen) atoms. The van der Waals surface area contributed by atoms with Crippen molar-refractivity contribution in [1.29, 1.82) is 0 Å². The van der Waals surface area contributed by atoms with E-state index in [9.17, 15) is 19.5 Å². The first-order valence-corrected chi connectivity index (χ1v) is 11.9. The van der Waals surface area contributed by atoms with Crippen molar-refractivity contribution >= 4 is 18.0 Å². The molecular weight excluding hydrogens is 432 g/mol. The minimum absolute atomic E-state index is 0.0490. The number of rotatable bonds is 10. The number of alkyl carbamates (subject to hydrolysis) is 1. The van der Waals surface area contributed by atoms with Crippen molar-refractivity contribution in [2.45, 2.75) is 51.5 Å². The number of carboxylic acids is 1. The number of fused-ring (bicyclic) bond motifs is 3. The molecule has 1 fully saturated rings. The summed E-state index contributed by atoms with van der Waals surface area (Å²) in [5.74, 6) is -0.846. The van der Waals surface area contributed by atoms with E-state index < -0.39 is 23.5 Å². The van der Waals surface area contributed by atoms with Crippen LogP contribution in [0.1, 0.15) is 56.6 Å². The van der Waals surface area contributed by atoms with Crippen LogP contribution in [0, 0.1) is 11.3 Å². The molecule has 1 saturated carbocycles. The van der Waals surface area contributed by atoms with Gasteiger partial charge >= 0.3 is 12.1 Å². The molecule has 2 aromatic rings. The fourth-order valence-corrected chi connectivity index (χ4v) is 4.43.